The fraction of sp³-hybridized carbons (Fsp3) is 0.519. The molecular weight excluding hydrogens is 526 g/mol. The molecule has 1 N–H and O–H groups in total. The molecule has 2 aromatic rings. The Morgan fingerprint density at radius 3 is 2.21 bits per heavy atom. The number of benzene rings is 2. The van der Waals surface area contributed by atoms with E-state index in [2.05, 4.69) is 5.32 Å². The number of amides is 1. The highest BCUT2D eigenvalue weighted by molar-refractivity contribution is 7.89. The van der Waals surface area contributed by atoms with E-state index < -0.39 is 26.0 Å². The molecule has 0 aromatic heterocycles. The fourth-order valence-corrected chi connectivity index (χ4v) is 8.13. The first kappa shape index (κ1) is 28.5. The maximum atomic E-state index is 13.3. The van der Waals surface area contributed by atoms with Gasteiger partial charge in [-0.05, 0) is 87.4 Å². The summed E-state index contributed by atoms with van der Waals surface area (Å²) < 4.78 is 60.3. The zero-order chi connectivity index (χ0) is 27.3. The number of hydrogen-bond acceptors (Lipinski definition) is 6. The molecule has 2 heterocycles. The van der Waals surface area contributed by atoms with Crippen molar-refractivity contribution >= 4 is 26.0 Å². The molecule has 11 heteroatoms. The lowest BCUT2D eigenvalue weighted by Crippen LogP contribution is -2.45. The fourth-order valence-electron chi connectivity index (χ4n) is 5.00. The largest absolute Gasteiger partial charge is 0.494 e. The van der Waals surface area contributed by atoms with E-state index in [1.54, 1.807) is 42.5 Å². The first-order valence-electron chi connectivity index (χ1n) is 13.2. The Labute approximate surface area is 226 Å². The first-order valence-corrected chi connectivity index (χ1v) is 16.1. The van der Waals surface area contributed by atoms with E-state index in [1.807, 2.05) is 13.8 Å². The molecule has 0 saturated carbocycles. The Morgan fingerprint density at radius 2 is 1.55 bits per heavy atom. The van der Waals surface area contributed by atoms with Gasteiger partial charge in [0.15, 0.2) is 0 Å². The molecule has 38 heavy (non-hydrogen) atoms. The summed E-state index contributed by atoms with van der Waals surface area (Å²) in [5.41, 5.74) is 1.67. The van der Waals surface area contributed by atoms with E-state index in [1.165, 1.54) is 8.61 Å². The number of nitrogens with zero attached hydrogens (tertiary/aromatic N) is 2. The summed E-state index contributed by atoms with van der Waals surface area (Å²) in [5.74, 6) is 0.0708. The van der Waals surface area contributed by atoms with Gasteiger partial charge in [0.05, 0.1) is 22.3 Å². The second-order valence-corrected chi connectivity index (χ2v) is 13.7. The molecular formula is C27H37N3O6S2. The predicted octanol–water partition coefficient (Wildman–Crippen LogP) is 2.94. The molecule has 0 radical (unpaired) electrons. The third-order valence-electron chi connectivity index (χ3n) is 7.18. The van der Waals surface area contributed by atoms with Crippen molar-refractivity contribution in [1.82, 2.24) is 13.9 Å². The van der Waals surface area contributed by atoms with Crippen molar-refractivity contribution in [3.05, 3.63) is 53.6 Å². The van der Waals surface area contributed by atoms with Gasteiger partial charge in [-0.1, -0.05) is 12.1 Å². The van der Waals surface area contributed by atoms with Gasteiger partial charge in [-0.2, -0.15) is 8.61 Å². The molecule has 1 unspecified atom stereocenters. The Hall–Kier alpha value is -2.47. The third-order valence-corrected chi connectivity index (χ3v) is 11.0. The zero-order valence-corrected chi connectivity index (χ0v) is 23.7. The van der Waals surface area contributed by atoms with Crippen molar-refractivity contribution in [2.45, 2.75) is 55.7 Å². The van der Waals surface area contributed by atoms with Crippen LogP contribution in [0.1, 0.15) is 43.7 Å². The molecule has 208 valence electrons. The molecule has 9 nitrogen and oxygen atoms in total. The van der Waals surface area contributed by atoms with Crippen LogP contribution in [0.15, 0.2) is 52.3 Å². The average Bonchev–Trinajstić information content (AvgIpc) is 3.46. The molecule has 2 aromatic carbocycles. The summed E-state index contributed by atoms with van der Waals surface area (Å²) in [4.78, 5) is 13.4. The van der Waals surface area contributed by atoms with Crippen LogP contribution in [0, 0.1) is 12.8 Å². The SMILES string of the molecule is CCOc1ccc(S(=O)(=O)N2CCCC(C(=O)NCCc3ccc(S(=O)(=O)N4CCCC4)cc3)C2)cc1C. The van der Waals surface area contributed by atoms with Crippen molar-refractivity contribution in [1.29, 1.82) is 0 Å². The Bertz CT molecular complexity index is 1340. The van der Waals surface area contributed by atoms with E-state index in [0.717, 1.165) is 24.0 Å². The van der Waals surface area contributed by atoms with Crippen LogP contribution in [0.3, 0.4) is 0 Å². The number of sulfonamides is 2. The topological polar surface area (TPSA) is 113 Å². The molecule has 0 aliphatic carbocycles. The number of carbonyl (C=O) groups is 1. The van der Waals surface area contributed by atoms with Crippen LogP contribution in [0.4, 0.5) is 0 Å². The minimum absolute atomic E-state index is 0.142. The lowest BCUT2D eigenvalue weighted by atomic mass is 9.99. The Kier molecular flexibility index (Phi) is 9.12. The smallest absolute Gasteiger partial charge is 0.243 e. The van der Waals surface area contributed by atoms with Crippen LogP contribution in [0.5, 0.6) is 5.75 Å². The number of aryl methyl sites for hydroxylation is 1. The molecule has 1 amide bonds. The van der Waals surface area contributed by atoms with Crippen molar-refractivity contribution in [2.75, 3.05) is 39.3 Å². The molecule has 1 atom stereocenters. The van der Waals surface area contributed by atoms with Crippen LogP contribution in [-0.4, -0.2) is 70.7 Å². The first-order chi connectivity index (χ1) is 18.1. The van der Waals surface area contributed by atoms with Crippen molar-refractivity contribution in [3.63, 3.8) is 0 Å². The summed E-state index contributed by atoms with van der Waals surface area (Å²) >= 11 is 0. The number of carbonyl (C=O) groups excluding carboxylic acids is 1. The number of piperidine rings is 1. The van der Waals surface area contributed by atoms with Crippen LogP contribution in [-0.2, 0) is 31.3 Å². The van der Waals surface area contributed by atoms with Crippen molar-refractivity contribution in [2.24, 2.45) is 5.92 Å². The Balaban J connectivity index is 1.31. The van der Waals surface area contributed by atoms with E-state index >= 15 is 0 Å². The maximum absolute atomic E-state index is 13.3. The summed E-state index contributed by atoms with van der Waals surface area (Å²) in [5, 5.41) is 2.93. The zero-order valence-electron chi connectivity index (χ0n) is 22.1. The van der Waals surface area contributed by atoms with E-state index in [0.29, 0.717) is 62.7 Å². The van der Waals surface area contributed by atoms with Gasteiger partial charge in [0.25, 0.3) is 0 Å². The molecule has 4 rings (SSSR count). The van der Waals surface area contributed by atoms with Gasteiger partial charge in [-0.25, -0.2) is 16.8 Å². The molecule has 2 fully saturated rings. The number of nitrogens with one attached hydrogen (secondary N) is 1. The second-order valence-electron chi connectivity index (χ2n) is 9.86. The van der Waals surface area contributed by atoms with E-state index in [9.17, 15) is 21.6 Å². The molecule has 2 aliphatic heterocycles. The summed E-state index contributed by atoms with van der Waals surface area (Å²) in [7, 11) is -7.17. The van der Waals surface area contributed by atoms with Crippen molar-refractivity contribution in [3.8, 4) is 5.75 Å². The molecule has 0 spiro atoms. The maximum Gasteiger partial charge on any atom is 0.243 e. The van der Waals surface area contributed by atoms with E-state index in [4.69, 9.17) is 4.74 Å². The highest BCUT2D eigenvalue weighted by Gasteiger charge is 2.33. The summed E-state index contributed by atoms with van der Waals surface area (Å²) in [6.07, 6.45) is 3.57. The second kappa shape index (κ2) is 12.1. The molecule has 2 saturated heterocycles. The third kappa shape index (κ3) is 6.39. The molecule has 0 bridgehead atoms. The summed E-state index contributed by atoms with van der Waals surface area (Å²) in [6.45, 7) is 6.23. The van der Waals surface area contributed by atoms with Gasteiger partial charge >= 0.3 is 0 Å². The number of hydrogen-bond donors (Lipinski definition) is 1. The number of ether oxygens (including phenoxy) is 1. The minimum atomic E-state index is -3.72. The van der Waals surface area contributed by atoms with Gasteiger partial charge in [0.1, 0.15) is 5.75 Å². The lowest BCUT2D eigenvalue weighted by Gasteiger charge is -2.31. The van der Waals surface area contributed by atoms with Gasteiger partial charge in [-0.3, -0.25) is 4.79 Å². The minimum Gasteiger partial charge on any atom is -0.494 e. The van der Waals surface area contributed by atoms with Crippen LogP contribution in [0.25, 0.3) is 0 Å². The molecule has 2 aliphatic rings. The lowest BCUT2D eigenvalue weighted by molar-refractivity contribution is -0.126. The van der Waals surface area contributed by atoms with Crippen molar-refractivity contribution < 1.29 is 26.4 Å². The standard InChI is InChI=1S/C27H37N3O6S2/c1-3-36-26-13-12-25(19-21(26)2)38(34,35)30-18-6-7-23(20-30)27(31)28-15-14-22-8-10-24(11-9-22)37(32,33)29-16-4-5-17-29/h8-13,19,23H,3-7,14-18,20H2,1-2H3,(H,28,31). The van der Waals surface area contributed by atoms with Crippen LogP contribution >= 0.6 is 0 Å². The van der Waals surface area contributed by atoms with Crippen LogP contribution in [0.2, 0.25) is 0 Å². The highest BCUT2D eigenvalue weighted by Crippen LogP contribution is 2.27. The quantitative estimate of drug-likeness (QED) is 0.476. The predicted molar refractivity (Wildman–Crippen MR) is 145 cm³/mol. The number of rotatable bonds is 10. The monoisotopic (exact) mass is 563 g/mol. The Morgan fingerprint density at radius 1 is 0.921 bits per heavy atom. The van der Waals surface area contributed by atoms with Gasteiger partial charge in [0, 0.05) is 32.7 Å². The van der Waals surface area contributed by atoms with Gasteiger partial charge in [-0.15, -0.1) is 0 Å². The normalized spacial score (nSPS) is 19.4. The van der Waals surface area contributed by atoms with Gasteiger partial charge < -0.3 is 10.1 Å². The highest BCUT2D eigenvalue weighted by atomic mass is 32.2. The van der Waals surface area contributed by atoms with E-state index in [-0.39, 0.29) is 17.3 Å². The van der Waals surface area contributed by atoms with Crippen LogP contribution < -0.4 is 10.1 Å². The van der Waals surface area contributed by atoms with Gasteiger partial charge in [0.2, 0.25) is 26.0 Å². The summed E-state index contributed by atoms with van der Waals surface area (Å²) in [6, 6.07) is 11.7. The average molecular weight is 564 g/mol.